The maximum atomic E-state index is 4.08. The highest BCUT2D eigenvalue weighted by molar-refractivity contribution is 5.40. The van der Waals surface area contributed by atoms with Gasteiger partial charge in [0, 0.05) is 0 Å². The molecule has 0 heteroatoms. The van der Waals surface area contributed by atoms with E-state index in [1.807, 2.05) is 0 Å². The standard InChI is InChI=1S/C18H29/c1-8-14-11-12-15(17(4,5)9-2)13-16(14)18(6,7)10-3/h11-13H,1,8-10H2,2-7H3. The van der Waals surface area contributed by atoms with Gasteiger partial charge >= 0.3 is 0 Å². The summed E-state index contributed by atoms with van der Waals surface area (Å²) >= 11 is 0. The summed E-state index contributed by atoms with van der Waals surface area (Å²) < 4.78 is 0. The van der Waals surface area contributed by atoms with Gasteiger partial charge in [-0.15, -0.1) is 0 Å². The van der Waals surface area contributed by atoms with Crippen LogP contribution < -0.4 is 0 Å². The lowest BCUT2D eigenvalue weighted by atomic mass is 9.74. The fourth-order valence-electron chi connectivity index (χ4n) is 2.24. The van der Waals surface area contributed by atoms with E-state index in [9.17, 15) is 0 Å². The zero-order valence-corrected chi connectivity index (χ0v) is 13.1. The second kappa shape index (κ2) is 5.47. The maximum Gasteiger partial charge on any atom is -0.0103 e. The van der Waals surface area contributed by atoms with Gasteiger partial charge in [-0.3, -0.25) is 0 Å². The molecule has 101 valence electrons. The summed E-state index contributed by atoms with van der Waals surface area (Å²) in [6, 6.07) is 7.00. The molecule has 18 heavy (non-hydrogen) atoms. The number of hydrogen-bond donors (Lipinski definition) is 0. The van der Waals surface area contributed by atoms with E-state index in [0.717, 1.165) is 12.8 Å². The Labute approximate surface area is 114 Å². The smallest absolute Gasteiger partial charge is 0.0103 e. The highest BCUT2D eigenvalue weighted by atomic mass is 14.3. The van der Waals surface area contributed by atoms with Gasteiger partial charge in [-0.25, -0.2) is 0 Å². The van der Waals surface area contributed by atoms with Crippen LogP contribution in [0.1, 0.15) is 71.1 Å². The third-order valence-corrected chi connectivity index (χ3v) is 4.66. The summed E-state index contributed by atoms with van der Waals surface area (Å²) in [5, 5.41) is 0. The Morgan fingerprint density at radius 1 is 0.944 bits per heavy atom. The molecule has 0 aliphatic carbocycles. The van der Waals surface area contributed by atoms with E-state index in [0.29, 0.717) is 0 Å². The van der Waals surface area contributed by atoms with Crippen LogP contribution >= 0.6 is 0 Å². The van der Waals surface area contributed by atoms with Crippen molar-refractivity contribution in [2.75, 3.05) is 0 Å². The molecule has 1 aromatic carbocycles. The van der Waals surface area contributed by atoms with Gasteiger partial charge in [0.15, 0.2) is 0 Å². The van der Waals surface area contributed by atoms with Gasteiger partial charge in [0.05, 0.1) is 0 Å². The summed E-state index contributed by atoms with van der Waals surface area (Å²) in [4.78, 5) is 0. The molecule has 0 amide bonds. The first-order chi connectivity index (χ1) is 8.28. The van der Waals surface area contributed by atoms with E-state index in [4.69, 9.17) is 0 Å². The van der Waals surface area contributed by atoms with Gasteiger partial charge < -0.3 is 0 Å². The van der Waals surface area contributed by atoms with Crippen LogP contribution in [0.5, 0.6) is 0 Å². The number of hydrogen-bond acceptors (Lipinski definition) is 0. The molecule has 0 unspecified atom stereocenters. The first kappa shape index (κ1) is 15.3. The average Bonchev–Trinajstić information content (AvgIpc) is 2.37. The van der Waals surface area contributed by atoms with Crippen molar-refractivity contribution in [2.24, 2.45) is 0 Å². The fourth-order valence-corrected chi connectivity index (χ4v) is 2.24. The highest BCUT2D eigenvalue weighted by Gasteiger charge is 2.25. The lowest BCUT2D eigenvalue weighted by Crippen LogP contribution is -2.21. The molecule has 1 rings (SSSR count). The predicted molar refractivity (Wildman–Crippen MR) is 82.1 cm³/mol. The van der Waals surface area contributed by atoms with Gasteiger partial charge in [-0.2, -0.15) is 0 Å². The first-order valence-electron chi connectivity index (χ1n) is 7.21. The monoisotopic (exact) mass is 245 g/mol. The van der Waals surface area contributed by atoms with E-state index < -0.39 is 0 Å². The summed E-state index contributed by atoms with van der Waals surface area (Å²) in [5.41, 5.74) is 4.85. The molecule has 1 radical (unpaired) electrons. The lowest BCUT2D eigenvalue weighted by molar-refractivity contribution is 0.486. The third-order valence-electron chi connectivity index (χ3n) is 4.66. The van der Waals surface area contributed by atoms with Crippen LogP contribution in [-0.2, 0) is 17.3 Å². The van der Waals surface area contributed by atoms with Crippen LogP contribution in [0.3, 0.4) is 0 Å². The SMILES string of the molecule is [CH2]Cc1ccc(C(C)(C)CC)cc1C(C)(C)CC. The zero-order chi connectivity index (χ0) is 14.0. The number of benzene rings is 1. The van der Waals surface area contributed by atoms with E-state index in [1.54, 1.807) is 0 Å². The molecule has 0 fully saturated rings. The van der Waals surface area contributed by atoms with Crippen molar-refractivity contribution in [2.45, 2.75) is 71.6 Å². The summed E-state index contributed by atoms with van der Waals surface area (Å²) in [5.74, 6) is 0. The molecule has 0 nitrogen and oxygen atoms in total. The average molecular weight is 245 g/mol. The van der Waals surface area contributed by atoms with Crippen molar-refractivity contribution < 1.29 is 0 Å². The van der Waals surface area contributed by atoms with Gasteiger partial charge in [0.25, 0.3) is 0 Å². The molecule has 0 saturated carbocycles. The Morgan fingerprint density at radius 2 is 1.50 bits per heavy atom. The molecule has 0 atom stereocenters. The minimum absolute atomic E-state index is 0.243. The fraction of sp³-hybridized carbons (Fsp3) is 0.611. The van der Waals surface area contributed by atoms with E-state index in [2.05, 4.69) is 66.7 Å². The molecule has 0 aromatic heterocycles. The van der Waals surface area contributed by atoms with Crippen LogP contribution in [0.4, 0.5) is 0 Å². The second-order valence-corrected chi connectivity index (χ2v) is 6.60. The van der Waals surface area contributed by atoms with Gasteiger partial charge in [0.2, 0.25) is 0 Å². The third kappa shape index (κ3) is 2.96. The van der Waals surface area contributed by atoms with Crippen molar-refractivity contribution in [3.8, 4) is 0 Å². The van der Waals surface area contributed by atoms with Crippen LogP contribution in [0.2, 0.25) is 0 Å². The molecule has 0 aliphatic rings. The van der Waals surface area contributed by atoms with E-state index >= 15 is 0 Å². The molecule has 0 saturated heterocycles. The Kier molecular flexibility index (Phi) is 4.64. The second-order valence-electron chi connectivity index (χ2n) is 6.60. The Balaban J connectivity index is 3.35. The van der Waals surface area contributed by atoms with Crippen LogP contribution in [0.15, 0.2) is 18.2 Å². The molecule has 0 aliphatic heterocycles. The molecule has 1 aromatic rings. The predicted octanol–water partition coefficient (Wildman–Crippen LogP) is 5.44. The maximum absolute atomic E-state index is 4.08. The summed E-state index contributed by atoms with van der Waals surface area (Å²) in [6.45, 7) is 17.9. The van der Waals surface area contributed by atoms with E-state index in [-0.39, 0.29) is 10.8 Å². The van der Waals surface area contributed by atoms with Crippen molar-refractivity contribution in [1.29, 1.82) is 0 Å². The van der Waals surface area contributed by atoms with Crippen molar-refractivity contribution in [1.82, 2.24) is 0 Å². The lowest BCUT2D eigenvalue weighted by Gasteiger charge is -2.30. The molecule has 0 bridgehead atoms. The quantitative estimate of drug-likeness (QED) is 0.648. The van der Waals surface area contributed by atoms with Gasteiger partial charge in [-0.1, -0.05) is 59.7 Å². The Bertz CT molecular complexity index is 396. The summed E-state index contributed by atoms with van der Waals surface area (Å²) in [7, 11) is 0. The molecule has 0 heterocycles. The van der Waals surface area contributed by atoms with E-state index in [1.165, 1.54) is 23.1 Å². The molecular formula is C18H29. The Hall–Kier alpha value is -0.780. The molecular weight excluding hydrogens is 216 g/mol. The normalized spacial score (nSPS) is 12.8. The largest absolute Gasteiger partial charge is 0.0646 e. The highest BCUT2D eigenvalue weighted by Crippen LogP contribution is 2.35. The minimum atomic E-state index is 0.243. The zero-order valence-electron chi connectivity index (χ0n) is 13.1. The van der Waals surface area contributed by atoms with Crippen molar-refractivity contribution >= 4 is 0 Å². The topological polar surface area (TPSA) is 0 Å². The van der Waals surface area contributed by atoms with Crippen LogP contribution in [0.25, 0.3) is 0 Å². The Morgan fingerprint density at radius 3 is 1.94 bits per heavy atom. The summed E-state index contributed by atoms with van der Waals surface area (Å²) in [6.07, 6.45) is 3.21. The van der Waals surface area contributed by atoms with Gasteiger partial charge in [0.1, 0.15) is 0 Å². The van der Waals surface area contributed by atoms with Crippen LogP contribution in [0, 0.1) is 6.92 Å². The van der Waals surface area contributed by atoms with Crippen molar-refractivity contribution in [3.63, 3.8) is 0 Å². The molecule has 0 spiro atoms. The first-order valence-corrected chi connectivity index (χ1v) is 7.21. The van der Waals surface area contributed by atoms with Crippen LogP contribution in [-0.4, -0.2) is 0 Å². The molecule has 0 N–H and O–H groups in total. The minimum Gasteiger partial charge on any atom is -0.0646 e. The van der Waals surface area contributed by atoms with Crippen molar-refractivity contribution in [3.05, 3.63) is 41.8 Å². The number of rotatable bonds is 5. The van der Waals surface area contributed by atoms with Gasteiger partial charge in [-0.05, 0) is 53.7 Å².